The number of amides is 1. The summed E-state index contributed by atoms with van der Waals surface area (Å²) in [6.45, 7) is 3.06. The molecule has 1 saturated heterocycles. The van der Waals surface area contributed by atoms with Gasteiger partial charge < -0.3 is 18.9 Å². The Labute approximate surface area is 185 Å². The fourth-order valence-corrected chi connectivity index (χ4v) is 3.82. The molecule has 1 atom stereocenters. The summed E-state index contributed by atoms with van der Waals surface area (Å²) in [7, 11) is 1.59. The first kappa shape index (κ1) is 21.2. The molecule has 31 heavy (non-hydrogen) atoms. The van der Waals surface area contributed by atoms with Crippen molar-refractivity contribution < 1.29 is 18.8 Å². The van der Waals surface area contributed by atoms with E-state index < -0.39 is 0 Å². The van der Waals surface area contributed by atoms with Crippen LogP contribution in [-0.4, -0.2) is 34.7 Å². The molecule has 1 fully saturated rings. The van der Waals surface area contributed by atoms with Gasteiger partial charge >= 0.3 is 0 Å². The molecule has 1 aromatic heterocycles. The van der Waals surface area contributed by atoms with E-state index in [1.54, 1.807) is 12.0 Å². The van der Waals surface area contributed by atoms with Crippen LogP contribution in [0.15, 0.2) is 47.0 Å². The maximum absolute atomic E-state index is 12.5. The number of nitrogens with zero attached hydrogens (tertiary/aromatic N) is 3. The second kappa shape index (κ2) is 9.39. The molecule has 0 radical (unpaired) electrons. The van der Waals surface area contributed by atoms with E-state index >= 15 is 0 Å². The lowest BCUT2D eigenvalue weighted by molar-refractivity contribution is -0.129. The highest BCUT2D eigenvalue weighted by Gasteiger charge is 2.36. The summed E-state index contributed by atoms with van der Waals surface area (Å²) >= 11 is 6.29. The Balaban J connectivity index is 1.56. The third kappa shape index (κ3) is 4.51. The predicted molar refractivity (Wildman–Crippen MR) is 116 cm³/mol. The molecule has 7 nitrogen and oxygen atoms in total. The zero-order valence-electron chi connectivity index (χ0n) is 17.5. The van der Waals surface area contributed by atoms with Crippen molar-refractivity contribution in [3.63, 3.8) is 0 Å². The zero-order valence-corrected chi connectivity index (χ0v) is 18.3. The minimum absolute atomic E-state index is 0.0452. The Morgan fingerprint density at radius 1 is 1.23 bits per heavy atom. The van der Waals surface area contributed by atoms with E-state index in [1.807, 2.05) is 49.4 Å². The third-order valence-electron chi connectivity index (χ3n) is 5.24. The predicted octanol–water partition coefficient (Wildman–Crippen LogP) is 5.05. The van der Waals surface area contributed by atoms with Crippen LogP contribution in [0.25, 0.3) is 11.4 Å². The molecule has 1 unspecified atom stereocenters. The first-order chi connectivity index (χ1) is 15.1. The van der Waals surface area contributed by atoms with E-state index in [4.69, 9.17) is 25.6 Å². The van der Waals surface area contributed by atoms with Gasteiger partial charge in [0.1, 0.15) is 6.04 Å². The van der Waals surface area contributed by atoms with Crippen molar-refractivity contribution in [2.24, 2.45) is 0 Å². The number of hydrogen-bond donors (Lipinski definition) is 0. The molecular weight excluding hydrogens is 418 g/mol. The number of aromatic nitrogens is 2. The number of rotatable bonds is 8. The second-order valence-corrected chi connectivity index (χ2v) is 7.75. The highest BCUT2D eigenvalue weighted by atomic mass is 35.5. The Morgan fingerprint density at radius 2 is 2.06 bits per heavy atom. The lowest BCUT2D eigenvalue weighted by Crippen LogP contribution is -2.27. The highest BCUT2D eigenvalue weighted by Crippen LogP contribution is 2.36. The largest absolute Gasteiger partial charge is 0.493 e. The van der Waals surface area contributed by atoms with Crippen LogP contribution < -0.4 is 9.47 Å². The topological polar surface area (TPSA) is 77.7 Å². The zero-order chi connectivity index (χ0) is 21.8. The summed E-state index contributed by atoms with van der Waals surface area (Å²) in [5.41, 5.74) is 1.63. The van der Waals surface area contributed by atoms with Crippen molar-refractivity contribution in [1.82, 2.24) is 15.0 Å². The Hall–Kier alpha value is -3.06. The third-order valence-corrected chi connectivity index (χ3v) is 5.61. The molecule has 1 aliphatic rings. The monoisotopic (exact) mass is 441 g/mol. The summed E-state index contributed by atoms with van der Waals surface area (Å²) in [5.74, 6) is 2.17. The molecule has 162 valence electrons. The minimum atomic E-state index is -0.279. The average molecular weight is 442 g/mol. The molecule has 0 N–H and O–H groups in total. The van der Waals surface area contributed by atoms with Crippen molar-refractivity contribution in [2.75, 3.05) is 13.7 Å². The van der Waals surface area contributed by atoms with Gasteiger partial charge in [0.15, 0.2) is 11.5 Å². The van der Waals surface area contributed by atoms with Crippen LogP contribution in [0, 0.1) is 0 Å². The molecule has 8 heteroatoms. The first-order valence-corrected chi connectivity index (χ1v) is 10.7. The van der Waals surface area contributed by atoms with Crippen molar-refractivity contribution >= 4 is 17.5 Å². The molecular formula is C23H24ClN3O4. The standard InChI is InChI=1S/C23H24ClN3O4/c1-3-12-30-19-10-8-15(13-20(19)29-2)22-25-23(31-26-22)18-9-11-21(28)27(18)14-16-6-4-5-7-17(16)24/h4-8,10,13,18H,3,9,11-12,14H2,1-2H3. The molecule has 0 spiro atoms. The van der Waals surface area contributed by atoms with E-state index in [2.05, 4.69) is 10.1 Å². The van der Waals surface area contributed by atoms with Gasteiger partial charge in [0.05, 0.1) is 13.7 Å². The number of hydrogen-bond acceptors (Lipinski definition) is 6. The van der Waals surface area contributed by atoms with Crippen LogP contribution in [0.3, 0.4) is 0 Å². The first-order valence-electron chi connectivity index (χ1n) is 10.3. The smallest absolute Gasteiger partial charge is 0.249 e. The summed E-state index contributed by atoms with van der Waals surface area (Å²) in [6, 6.07) is 12.7. The van der Waals surface area contributed by atoms with Crippen molar-refractivity contribution in [3.8, 4) is 22.9 Å². The van der Waals surface area contributed by atoms with Crippen LogP contribution in [0.5, 0.6) is 11.5 Å². The maximum atomic E-state index is 12.5. The van der Waals surface area contributed by atoms with Gasteiger partial charge in [0, 0.05) is 23.6 Å². The molecule has 4 rings (SSSR count). The Bertz CT molecular complexity index is 1070. The van der Waals surface area contributed by atoms with E-state index in [9.17, 15) is 4.79 Å². The number of likely N-dealkylation sites (tertiary alicyclic amines) is 1. The number of carbonyl (C=O) groups is 1. The number of ether oxygens (including phenoxy) is 2. The number of benzene rings is 2. The summed E-state index contributed by atoms with van der Waals surface area (Å²) in [6.07, 6.45) is 1.96. The lowest BCUT2D eigenvalue weighted by atomic mass is 10.1. The number of methoxy groups -OCH3 is 1. The molecule has 2 aromatic carbocycles. The van der Waals surface area contributed by atoms with Crippen molar-refractivity contribution in [3.05, 3.63) is 58.9 Å². The maximum Gasteiger partial charge on any atom is 0.249 e. The minimum Gasteiger partial charge on any atom is -0.493 e. The van der Waals surface area contributed by atoms with Gasteiger partial charge in [-0.05, 0) is 42.7 Å². The van der Waals surface area contributed by atoms with Gasteiger partial charge in [0.25, 0.3) is 0 Å². The van der Waals surface area contributed by atoms with Gasteiger partial charge in [-0.3, -0.25) is 4.79 Å². The molecule has 2 heterocycles. The number of halogens is 1. The molecule has 3 aromatic rings. The Morgan fingerprint density at radius 3 is 2.84 bits per heavy atom. The van der Waals surface area contributed by atoms with E-state index in [0.717, 1.165) is 17.5 Å². The van der Waals surface area contributed by atoms with Gasteiger partial charge in [0.2, 0.25) is 17.6 Å². The van der Waals surface area contributed by atoms with Crippen LogP contribution in [-0.2, 0) is 11.3 Å². The van der Waals surface area contributed by atoms with Gasteiger partial charge in [-0.15, -0.1) is 0 Å². The summed E-state index contributed by atoms with van der Waals surface area (Å²) < 4.78 is 16.7. The van der Waals surface area contributed by atoms with E-state index in [0.29, 0.717) is 54.2 Å². The van der Waals surface area contributed by atoms with Gasteiger partial charge in [-0.25, -0.2) is 0 Å². The van der Waals surface area contributed by atoms with Crippen LogP contribution >= 0.6 is 11.6 Å². The van der Waals surface area contributed by atoms with Crippen molar-refractivity contribution in [2.45, 2.75) is 38.8 Å². The quantitative estimate of drug-likeness (QED) is 0.486. The lowest BCUT2D eigenvalue weighted by Gasteiger charge is -2.22. The molecule has 1 aliphatic heterocycles. The van der Waals surface area contributed by atoms with E-state index in [-0.39, 0.29) is 11.9 Å². The summed E-state index contributed by atoms with van der Waals surface area (Å²) in [5, 5.41) is 4.77. The molecule has 1 amide bonds. The van der Waals surface area contributed by atoms with E-state index in [1.165, 1.54) is 0 Å². The van der Waals surface area contributed by atoms with Gasteiger partial charge in [-0.1, -0.05) is 41.9 Å². The second-order valence-electron chi connectivity index (χ2n) is 7.34. The van der Waals surface area contributed by atoms with Crippen LogP contribution in [0.4, 0.5) is 0 Å². The SMILES string of the molecule is CCCOc1ccc(-c2noc(C3CCC(=O)N3Cc3ccccc3Cl)n2)cc1OC. The van der Waals surface area contributed by atoms with Gasteiger partial charge in [-0.2, -0.15) is 4.98 Å². The Kier molecular flexibility index (Phi) is 6.42. The fourth-order valence-electron chi connectivity index (χ4n) is 3.62. The number of carbonyl (C=O) groups excluding carboxylic acids is 1. The van der Waals surface area contributed by atoms with Crippen LogP contribution in [0.2, 0.25) is 5.02 Å². The van der Waals surface area contributed by atoms with Crippen molar-refractivity contribution in [1.29, 1.82) is 0 Å². The van der Waals surface area contributed by atoms with Crippen LogP contribution in [0.1, 0.15) is 43.7 Å². The highest BCUT2D eigenvalue weighted by molar-refractivity contribution is 6.31. The summed E-state index contributed by atoms with van der Waals surface area (Å²) in [4.78, 5) is 18.8. The molecule has 0 bridgehead atoms. The molecule has 0 saturated carbocycles. The normalized spacial score (nSPS) is 16.0. The fraction of sp³-hybridized carbons (Fsp3) is 0.348. The molecule has 0 aliphatic carbocycles. The average Bonchev–Trinajstić information content (AvgIpc) is 3.41.